The number of aromatic nitrogens is 3. The van der Waals surface area contributed by atoms with E-state index in [9.17, 15) is 18.0 Å². The van der Waals surface area contributed by atoms with Crippen LogP contribution in [-0.4, -0.2) is 72.1 Å². The Labute approximate surface area is 201 Å². The fraction of sp³-hybridized carbons (Fsp3) is 0.636. The van der Waals surface area contributed by atoms with Crippen molar-refractivity contribution >= 4 is 29.5 Å². The molecule has 0 radical (unpaired) electrons. The van der Waals surface area contributed by atoms with E-state index in [0.717, 1.165) is 51.6 Å². The lowest BCUT2D eigenvalue weighted by atomic mass is 9.85. The molecule has 2 aromatic rings. The van der Waals surface area contributed by atoms with Gasteiger partial charge in [-0.15, -0.1) is 0 Å². The molecule has 192 valence electrons. The van der Waals surface area contributed by atoms with E-state index in [1.165, 1.54) is 0 Å². The second-order valence-electron chi connectivity index (χ2n) is 8.97. The van der Waals surface area contributed by atoms with E-state index in [0.29, 0.717) is 30.6 Å². The molecule has 2 fully saturated rings. The Hall–Kier alpha value is -3.09. The maximum Gasteiger partial charge on any atom is 0.421 e. The molecule has 0 unspecified atom stereocenters. The first kappa shape index (κ1) is 25.0. The molecule has 3 N–H and O–H groups in total. The fourth-order valence-electron chi connectivity index (χ4n) is 3.84. The second-order valence-corrected chi connectivity index (χ2v) is 8.97. The van der Waals surface area contributed by atoms with Crippen molar-refractivity contribution < 1.29 is 22.4 Å². The van der Waals surface area contributed by atoms with Crippen molar-refractivity contribution in [2.75, 3.05) is 61.8 Å². The standard InChI is InChI=1S/C22H31F3N8O2/c1-14-17(31-21(35-14)33-11-9-32(2)10-12-33)29-20-28-13-16(22(23,24)25)18(30-20)26-7-4-8-27-19(34)15-5-3-6-15/h13,15H,3-12H2,1-2H3,(H,27,34)(H2,26,28,29,30). The van der Waals surface area contributed by atoms with E-state index in [4.69, 9.17) is 4.42 Å². The van der Waals surface area contributed by atoms with Gasteiger partial charge in [0.25, 0.3) is 6.01 Å². The number of likely N-dealkylation sites (N-methyl/N-ethyl adjacent to an activating group) is 1. The number of hydrogen-bond donors (Lipinski definition) is 3. The van der Waals surface area contributed by atoms with Crippen molar-refractivity contribution in [2.45, 2.75) is 38.8 Å². The van der Waals surface area contributed by atoms with Crippen molar-refractivity contribution in [3.63, 3.8) is 0 Å². The number of carbonyl (C=O) groups excluding carboxylic acids is 1. The Balaban J connectivity index is 1.38. The zero-order valence-corrected chi connectivity index (χ0v) is 19.9. The van der Waals surface area contributed by atoms with Gasteiger partial charge >= 0.3 is 6.18 Å². The molecular formula is C22H31F3N8O2. The molecule has 2 aliphatic rings. The number of rotatable bonds is 9. The monoisotopic (exact) mass is 496 g/mol. The summed E-state index contributed by atoms with van der Waals surface area (Å²) in [6.45, 7) is 5.60. The van der Waals surface area contributed by atoms with Gasteiger partial charge in [0.2, 0.25) is 11.9 Å². The van der Waals surface area contributed by atoms with Crippen LogP contribution in [0, 0.1) is 12.8 Å². The van der Waals surface area contributed by atoms with Crippen LogP contribution in [-0.2, 0) is 11.0 Å². The van der Waals surface area contributed by atoms with Crippen LogP contribution >= 0.6 is 0 Å². The topological polar surface area (TPSA) is 111 Å². The summed E-state index contributed by atoms with van der Waals surface area (Å²) in [5.74, 6) is 0.565. The zero-order chi connectivity index (χ0) is 25.0. The Morgan fingerprint density at radius 2 is 1.89 bits per heavy atom. The number of hydrogen-bond acceptors (Lipinski definition) is 9. The molecule has 1 saturated carbocycles. The van der Waals surface area contributed by atoms with Gasteiger partial charge in [0, 0.05) is 51.4 Å². The number of alkyl halides is 3. The van der Waals surface area contributed by atoms with E-state index < -0.39 is 11.7 Å². The molecular weight excluding hydrogens is 465 g/mol. The maximum absolute atomic E-state index is 13.5. The minimum absolute atomic E-state index is 0.0136. The molecule has 0 bridgehead atoms. The van der Waals surface area contributed by atoms with Crippen LogP contribution in [0.5, 0.6) is 0 Å². The molecule has 0 spiro atoms. The molecule has 4 rings (SSSR count). The summed E-state index contributed by atoms with van der Waals surface area (Å²) in [5, 5.41) is 8.43. The summed E-state index contributed by atoms with van der Waals surface area (Å²) in [7, 11) is 2.05. The molecule has 1 aliphatic heterocycles. The lowest BCUT2D eigenvalue weighted by molar-refractivity contribution is -0.137. The minimum atomic E-state index is -4.61. The molecule has 3 heterocycles. The van der Waals surface area contributed by atoms with Crippen LogP contribution in [0.1, 0.15) is 37.0 Å². The first-order valence-corrected chi connectivity index (χ1v) is 11.8. The average molecular weight is 497 g/mol. The maximum atomic E-state index is 13.5. The van der Waals surface area contributed by atoms with Crippen molar-refractivity contribution in [1.29, 1.82) is 0 Å². The largest absolute Gasteiger partial charge is 0.427 e. The molecule has 2 aromatic heterocycles. The Kier molecular flexibility index (Phi) is 7.63. The second kappa shape index (κ2) is 10.7. The van der Waals surface area contributed by atoms with Gasteiger partial charge in [0.15, 0.2) is 5.82 Å². The van der Waals surface area contributed by atoms with Gasteiger partial charge < -0.3 is 30.2 Å². The van der Waals surface area contributed by atoms with Gasteiger partial charge in [-0.05, 0) is 33.2 Å². The number of nitrogens with one attached hydrogen (secondary N) is 3. The van der Waals surface area contributed by atoms with Crippen molar-refractivity contribution in [3.05, 3.63) is 17.5 Å². The smallest absolute Gasteiger partial charge is 0.421 e. The summed E-state index contributed by atoms with van der Waals surface area (Å²) >= 11 is 0. The highest BCUT2D eigenvalue weighted by Crippen LogP contribution is 2.34. The Morgan fingerprint density at radius 1 is 1.14 bits per heavy atom. The minimum Gasteiger partial charge on any atom is -0.427 e. The van der Waals surface area contributed by atoms with Gasteiger partial charge in [-0.3, -0.25) is 4.79 Å². The van der Waals surface area contributed by atoms with Crippen LogP contribution in [0.25, 0.3) is 0 Å². The molecule has 0 atom stereocenters. The SMILES string of the molecule is Cc1oc(N2CCN(C)CC2)nc1Nc1ncc(C(F)(F)F)c(NCCCNC(=O)C2CCC2)n1. The lowest BCUT2D eigenvalue weighted by Gasteiger charge is -2.31. The highest BCUT2D eigenvalue weighted by Gasteiger charge is 2.35. The highest BCUT2D eigenvalue weighted by atomic mass is 19.4. The van der Waals surface area contributed by atoms with Gasteiger partial charge in [0.1, 0.15) is 17.1 Å². The van der Waals surface area contributed by atoms with Gasteiger partial charge in [-0.2, -0.15) is 23.1 Å². The molecule has 1 aliphatic carbocycles. The van der Waals surface area contributed by atoms with Gasteiger partial charge in [-0.25, -0.2) is 4.98 Å². The number of nitrogens with zero attached hydrogens (tertiary/aromatic N) is 5. The number of carbonyl (C=O) groups is 1. The molecule has 35 heavy (non-hydrogen) atoms. The Morgan fingerprint density at radius 3 is 2.54 bits per heavy atom. The van der Waals surface area contributed by atoms with Crippen LogP contribution in [0.4, 0.5) is 36.8 Å². The zero-order valence-electron chi connectivity index (χ0n) is 19.9. The van der Waals surface area contributed by atoms with Crippen molar-refractivity contribution in [3.8, 4) is 0 Å². The van der Waals surface area contributed by atoms with E-state index in [1.54, 1.807) is 6.92 Å². The Bertz CT molecular complexity index is 1020. The first-order valence-electron chi connectivity index (χ1n) is 11.8. The third-order valence-electron chi connectivity index (χ3n) is 6.30. The van der Waals surface area contributed by atoms with E-state index in [2.05, 4.69) is 35.8 Å². The third kappa shape index (κ3) is 6.32. The van der Waals surface area contributed by atoms with E-state index in [-0.39, 0.29) is 30.1 Å². The molecule has 13 heteroatoms. The molecule has 1 saturated heterocycles. The number of amides is 1. The summed E-state index contributed by atoms with van der Waals surface area (Å²) in [6.07, 6.45) is -0.548. The van der Waals surface area contributed by atoms with Crippen molar-refractivity contribution in [2.24, 2.45) is 5.92 Å². The molecule has 0 aromatic carbocycles. The summed E-state index contributed by atoms with van der Waals surface area (Å²) < 4.78 is 46.2. The summed E-state index contributed by atoms with van der Waals surface area (Å²) in [6, 6.07) is 0.451. The van der Waals surface area contributed by atoms with Crippen molar-refractivity contribution in [1.82, 2.24) is 25.2 Å². The van der Waals surface area contributed by atoms with Gasteiger partial charge in [0.05, 0.1) is 0 Å². The van der Waals surface area contributed by atoms with Crippen LogP contribution in [0.3, 0.4) is 0 Å². The number of piperazine rings is 1. The number of anilines is 4. The number of halogens is 3. The third-order valence-corrected chi connectivity index (χ3v) is 6.30. The lowest BCUT2D eigenvalue weighted by Crippen LogP contribution is -2.44. The number of aryl methyl sites for hydroxylation is 1. The van der Waals surface area contributed by atoms with Gasteiger partial charge in [-0.1, -0.05) is 6.42 Å². The number of oxazole rings is 1. The molecule has 10 nitrogen and oxygen atoms in total. The van der Waals surface area contributed by atoms with Crippen LogP contribution in [0.2, 0.25) is 0 Å². The predicted molar refractivity (Wildman–Crippen MR) is 125 cm³/mol. The van der Waals surface area contributed by atoms with E-state index in [1.807, 2.05) is 11.9 Å². The average Bonchev–Trinajstić information content (AvgIpc) is 3.12. The summed E-state index contributed by atoms with van der Waals surface area (Å²) in [4.78, 5) is 28.4. The predicted octanol–water partition coefficient (Wildman–Crippen LogP) is 3.01. The first-order chi connectivity index (χ1) is 16.7. The van der Waals surface area contributed by atoms with Crippen LogP contribution in [0.15, 0.2) is 10.6 Å². The quantitative estimate of drug-likeness (QED) is 0.451. The molecule has 1 amide bonds. The highest BCUT2D eigenvalue weighted by molar-refractivity contribution is 5.79. The van der Waals surface area contributed by atoms with E-state index >= 15 is 0 Å². The summed E-state index contributed by atoms with van der Waals surface area (Å²) in [5.41, 5.74) is -0.962. The normalized spacial score (nSPS) is 17.2. The fourth-order valence-corrected chi connectivity index (χ4v) is 3.84. The van der Waals surface area contributed by atoms with Crippen LogP contribution < -0.4 is 20.9 Å².